The third kappa shape index (κ3) is 4.82. The van der Waals surface area contributed by atoms with Crippen LogP contribution in [0.1, 0.15) is 31.1 Å². The third-order valence-electron chi connectivity index (χ3n) is 8.38. The van der Waals surface area contributed by atoms with Crippen LogP contribution in [0.25, 0.3) is 0 Å². The summed E-state index contributed by atoms with van der Waals surface area (Å²) < 4.78 is 3.10. The van der Waals surface area contributed by atoms with Gasteiger partial charge in [0.1, 0.15) is 22.0 Å². The largest absolute Gasteiger partial charge is 0.423 e. The SMILES string of the molecule is O=C(CN(C(=O)c1ccc([N+](=O)[O-])cc1)N1C(=O)[C@H]2[C@H](C1=O)[C@@]1(Cl)C(Cl)=C(Cl)[C@@]2(Cl)C1(Cl)Cl)c1ccc(OC(=O)c2ccccc2)cc1. The Balaban J connectivity index is 1.33. The molecule has 48 heavy (non-hydrogen) atoms. The fourth-order valence-corrected chi connectivity index (χ4v) is 8.93. The molecule has 2 fully saturated rings. The molecule has 0 spiro atoms. The van der Waals surface area contributed by atoms with E-state index in [1.807, 2.05) is 0 Å². The number of hydrogen-bond donors (Lipinski definition) is 0. The molecule has 0 radical (unpaired) electrons. The van der Waals surface area contributed by atoms with Crippen molar-refractivity contribution >= 4 is 105 Å². The Morgan fingerprint density at radius 3 is 1.77 bits per heavy atom. The monoisotopic (exact) mass is 769 g/mol. The second kappa shape index (κ2) is 12.0. The Hall–Kier alpha value is -3.71. The van der Waals surface area contributed by atoms with Crippen molar-refractivity contribution in [2.75, 3.05) is 6.54 Å². The molecule has 2 bridgehead atoms. The maximum absolute atomic E-state index is 14.1. The molecule has 3 aliphatic rings. The molecule has 17 heteroatoms. The number of ether oxygens (including phenoxy) is 1. The number of amides is 3. The molecule has 0 unspecified atom stereocenters. The van der Waals surface area contributed by atoms with Crippen molar-refractivity contribution in [3.05, 3.63) is 116 Å². The van der Waals surface area contributed by atoms with E-state index in [0.29, 0.717) is 15.6 Å². The van der Waals surface area contributed by atoms with Gasteiger partial charge in [0, 0.05) is 23.3 Å². The highest BCUT2D eigenvalue weighted by molar-refractivity contribution is 6.66. The highest BCUT2D eigenvalue weighted by Crippen LogP contribution is 2.77. The van der Waals surface area contributed by atoms with Crippen LogP contribution >= 0.6 is 69.6 Å². The number of hydrazine groups is 1. The van der Waals surface area contributed by atoms with E-state index in [1.54, 1.807) is 30.3 Å². The first-order chi connectivity index (χ1) is 22.6. The third-order valence-corrected chi connectivity index (χ3v) is 12.6. The molecule has 6 rings (SSSR count). The molecule has 1 saturated carbocycles. The summed E-state index contributed by atoms with van der Waals surface area (Å²) in [7, 11) is 0. The summed E-state index contributed by atoms with van der Waals surface area (Å²) >= 11 is 39.5. The predicted molar refractivity (Wildman–Crippen MR) is 175 cm³/mol. The summed E-state index contributed by atoms with van der Waals surface area (Å²) in [5, 5.41) is 11.5. The van der Waals surface area contributed by atoms with E-state index >= 15 is 0 Å². The molecule has 1 saturated heterocycles. The second-order valence-electron chi connectivity index (χ2n) is 10.9. The number of fused-ring (bicyclic) bond motifs is 5. The van der Waals surface area contributed by atoms with Crippen LogP contribution in [0.15, 0.2) is 88.9 Å². The quantitative estimate of drug-likeness (QED) is 0.0480. The number of allylic oxidation sites excluding steroid dienone is 2. The van der Waals surface area contributed by atoms with Crippen molar-refractivity contribution in [1.82, 2.24) is 10.0 Å². The van der Waals surface area contributed by atoms with Gasteiger partial charge < -0.3 is 4.74 Å². The van der Waals surface area contributed by atoms with Crippen molar-refractivity contribution in [1.29, 1.82) is 0 Å². The van der Waals surface area contributed by atoms with Gasteiger partial charge in [-0.25, -0.2) is 9.80 Å². The van der Waals surface area contributed by atoms with Gasteiger partial charge in [0.15, 0.2) is 10.1 Å². The number of benzene rings is 3. The first-order valence-corrected chi connectivity index (χ1v) is 16.0. The number of alkyl halides is 4. The Labute approximate surface area is 300 Å². The van der Waals surface area contributed by atoms with Gasteiger partial charge in [-0.05, 0) is 48.5 Å². The van der Waals surface area contributed by atoms with Crippen molar-refractivity contribution < 1.29 is 33.6 Å². The zero-order chi connectivity index (χ0) is 34.9. The summed E-state index contributed by atoms with van der Waals surface area (Å²) in [5.74, 6) is -7.73. The van der Waals surface area contributed by atoms with Gasteiger partial charge >= 0.3 is 5.97 Å². The maximum atomic E-state index is 14.1. The molecule has 2 aliphatic carbocycles. The summed E-state index contributed by atoms with van der Waals surface area (Å²) in [6.07, 6.45) is 0. The molecule has 11 nitrogen and oxygen atoms in total. The van der Waals surface area contributed by atoms with E-state index < -0.39 is 66.9 Å². The van der Waals surface area contributed by atoms with Crippen LogP contribution in [-0.2, 0) is 9.59 Å². The number of nitro benzene ring substituents is 1. The van der Waals surface area contributed by atoms with E-state index in [1.165, 1.54) is 24.3 Å². The van der Waals surface area contributed by atoms with E-state index in [2.05, 4.69) is 0 Å². The molecule has 1 aliphatic heterocycles. The van der Waals surface area contributed by atoms with Gasteiger partial charge in [-0.1, -0.05) is 64.6 Å². The number of carbonyl (C=O) groups is 5. The number of rotatable bonds is 8. The number of Topliss-reactive ketones (excluding diaryl/α,β-unsaturated/α-hetero) is 1. The molecule has 4 atom stereocenters. The Bertz CT molecular complexity index is 1910. The van der Waals surface area contributed by atoms with Crippen LogP contribution < -0.4 is 4.74 Å². The molecule has 3 aromatic carbocycles. The van der Waals surface area contributed by atoms with E-state index in [4.69, 9.17) is 74.3 Å². The molecule has 0 aromatic heterocycles. The summed E-state index contributed by atoms with van der Waals surface area (Å²) in [5.41, 5.74) is -0.249. The number of hydrogen-bond acceptors (Lipinski definition) is 8. The predicted octanol–water partition coefficient (Wildman–Crippen LogP) is 6.50. The smallest absolute Gasteiger partial charge is 0.343 e. The number of ketones is 1. The molecule has 246 valence electrons. The molecular weight excluding hydrogens is 755 g/mol. The van der Waals surface area contributed by atoms with Gasteiger partial charge in [0.25, 0.3) is 23.4 Å². The highest BCUT2D eigenvalue weighted by Gasteiger charge is 2.88. The molecule has 1 heterocycles. The Kier molecular flexibility index (Phi) is 8.55. The van der Waals surface area contributed by atoms with Crippen LogP contribution in [0.5, 0.6) is 5.75 Å². The van der Waals surface area contributed by atoms with Crippen LogP contribution in [0.4, 0.5) is 5.69 Å². The zero-order valence-corrected chi connectivity index (χ0v) is 28.3. The number of nitro groups is 1. The fraction of sp³-hybridized carbons (Fsp3) is 0.194. The average Bonchev–Trinajstić information content (AvgIpc) is 3.46. The first kappa shape index (κ1) is 34.2. The Morgan fingerprint density at radius 2 is 1.27 bits per heavy atom. The van der Waals surface area contributed by atoms with Crippen LogP contribution in [-0.4, -0.2) is 65.0 Å². The highest BCUT2D eigenvalue weighted by atomic mass is 35.5. The van der Waals surface area contributed by atoms with Crippen molar-refractivity contribution in [3.8, 4) is 5.75 Å². The van der Waals surface area contributed by atoms with Crippen molar-refractivity contribution in [2.45, 2.75) is 14.1 Å². The number of imide groups is 1. The standard InChI is InChI=1S/C31H17Cl6N3O8/c32-23-24(33)30(35)22-21(29(23,34)31(30,36)37)26(43)39(27(22)44)38(25(42)16-6-10-18(11-7-16)40(46)47)14-20(41)15-8-12-19(13-9-15)48-28(45)17-4-2-1-3-5-17/h1-13,21-22H,14H2/t21-,22-,29-,30-/m1/s1. The van der Waals surface area contributed by atoms with Crippen LogP contribution in [0.2, 0.25) is 0 Å². The second-order valence-corrected chi connectivity index (χ2v) is 14.2. The molecular formula is C31H17Cl6N3O8. The van der Waals surface area contributed by atoms with Gasteiger partial charge in [-0.2, -0.15) is 5.01 Å². The maximum Gasteiger partial charge on any atom is 0.343 e. The van der Waals surface area contributed by atoms with E-state index in [0.717, 1.165) is 24.3 Å². The summed E-state index contributed by atoms with van der Waals surface area (Å²) in [6, 6.07) is 17.7. The van der Waals surface area contributed by atoms with Gasteiger partial charge in [-0.15, -0.1) is 23.2 Å². The van der Waals surface area contributed by atoms with Gasteiger partial charge in [0.05, 0.1) is 32.4 Å². The minimum absolute atomic E-state index is 0.00582. The topological polar surface area (TPSA) is 144 Å². The van der Waals surface area contributed by atoms with Crippen LogP contribution in [0.3, 0.4) is 0 Å². The van der Waals surface area contributed by atoms with E-state index in [-0.39, 0.29) is 32.6 Å². The van der Waals surface area contributed by atoms with Gasteiger partial charge in [-0.3, -0.25) is 29.3 Å². The number of non-ortho nitro benzene ring substituents is 1. The lowest BCUT2D eigenvalue weighted by atomic mass is 9.84. The summed E-state index contributed by atoms with van der Waals surface area (Å²) in [4.78, 5) is 74.2. The number of carbonyl (C=O) groups excluding carboxylic acids is 5. The van der Waals surface area contributed by atoms with Crippen molar-refractivity contribution in [2.24, 2.45) is 11.8 Å². The molecule has 3 amide bonds. The lowest BCUT2D eigenvalue weighted by molar-refractivity contribution is -0.384. The minimum Gasteiger partial charge on any atom is -0.423 e. The molecule has 3 aromatic rings. The van der Waals surface area contributed by atoms with Crippen LogP contribution in [0, 0.1) is 22.0 Å². The van der Waals surface area contributed by atoms with E-state index in [9.17, 15) is 34.1 Å². The lowest BCUT2D eigenvalue weighted by Gasteiger charge is -2.36. The number of esters is 1. The number of halogens is 6. The normalized spacial score (nSPS) is 25.2. The lowest BCUT2D eigenvalue weighted by Crippen LogP contribution is -2.56. The van der Waals surface area contributed by atoms with Gasteiger partial charge in [0.2, 0.25) is 0 Å². The first-order valence-electron chi connectivity index (χ1n) is 13.7. The molecule has 0 N–H and O–H groups in total. The zero-order valence-electron chi connectivity index (χ0n) is 23.7. The fourth-order valence-electron chi connectivity index (χ4n) is 6.00. The average molecular weight is 772 g/mol. The Morgan fingerprint density at radius 1 is 0.771 bits per heavy atom. The summed E-state index contributed by atoms with van der Waals surface area (Å²) in [6.45, 7) is -0.887. The van der Waals surface area contributed by atoms with Crippen molar-refractivity contribution in [3.63, 3.8) is 0 Å². The number of nitrogens with zero attached hydrogens (tertiary/aromatic N) is 3. The minimum atomic E-state index is -2.24.